The molecule has 0 aromatic rings. The van der Waals surface area contributed by atoms with Gasteiger partial charge in [0.05, 0.1) is 157 Å². The van der Waals surface area contributed by atoms with Crippen LogP contribution in [-0.4, -0.2) is 329 Å². The van der Waals surface area contributed by atoms with Crippen molar-refractivity contribution < 1.29 is 104 Å². The number of rotatable bonds is 77. The molecule has 0 rings (SSSR count). The molecule has 0 aliphatic heterocycles. The number of thiol groups is 18. The normalized spacial score (nSPS) is 11.7. The minimum atomic E-state index is -0.495. The fourth-order valence-corrected chi connectivity index (χ4v) is 10.2. The van der Waals surface area contributed by atoms with Crippen LogP contribution >= 0.6 is 251 Å². The van der Waals surface area contributed by atoms with Crippen molar-refractivity contribution in [3.8, 4) is 0 Å². The van der Waals surface area contributed by atoms with Gasteiger partial charge in [-0.15, -0.1) is 23.5 Å². The molecule has 702 valence electrons. The molecule has 0 saturated carbocycles. The molecule has 0 aliphatic carbocycles. The van der Waals surface area contributed by atoms with Crippen LogP contribution in [0.5, 0.6) is 0 Å². The molecular formula is C72H162O22S20. The summed E-state index contributed by atoms with van der Waals surface area (Å²) in [6, 6.07) is 0. The van der Waals surface area contributed by atoms with Gasteiger partial charge in [0.25, 0.3) is 0 Å². The molecule has 42 heteroatoms. The SMILES string of the molecule is CC(C)(OCCS)OCCS.CC(C)CC(C)(OCCS)OCCS.CC(OCCOC(C)SCOCCOCCS)SCCOCCOCCS.CC(OCCS)OCCS.CCC(C)(OCCS)OCCS.SCCCCOCOCCCCS.SCCCOCOCCCS.SCCOCOCCS.SCOCOCS. The molecule has 22 nitrogen and oxygen atoms in total. The maximum Gasteiger partial charge on any atom is 0.165 e. The van der Waals surface area contributed by atoms with E-state index >= 15 is 0 Å². The van der Waals surface area contributed by atoms with Crippen LogP contribution in [0.3, 0.4) is 0 Å². The molecule has 0 amide bonds. The summed E-state index contributed by atoms with van der Waals surface area (Å²) in [5, 5.41) is 0. The van der Waals surface area contributed by atoms with Crippen molar-refractivity contribution in [2.24, 2.45) is 5.92 Å². The van der Waals surface area contributed by atoms with E-state index in [1.165, 1.54) is 0 Å². The summed E-state index contributed by atoms with van der Waals surface area (Å²) in [6.07, 6.45) is 7.96. The van der Waals surface area contributed by atoms with Crippen LogP contribution in [-0.2, 0) is 104 Å². The van der Waals surface area contributed by atoms with Crippen molar-refractivity contribution in [1.29, 1.82) is 0 Å². The van der Waals surface area contributed by atoms with Gasteiger partial charge in [-0.3, -0.25) is 0 Å². The third-order valence-electron chi connectivity index (χ3n) is 12.0. The van der Waals surface area contributed by atoms with E-state index in [0.29, 0.717) is 181 Å². The molecule has 114 heavy (non-hydrogen) atoms. The first kappa shape index (κ1) is 138. The van der Waals surface area contributed by atoms with Crippen molar-refractivity contribution in [3.05, 3.63) is 0 Å². The zero-order valence-electron chi connectivity index (χ0n) is 70.5. The highest BCUT2D eigenvalue weighted by Crippen LogP contribution is 2.23. The van der Waals surface area contributed by atoms with Crippen molar-refractivity contribution in [1.82, 2.24) is 0 Å². The zero-order chi connectivity index (χ0) is 87.7. The predicted molar refractivity (Wildman–Crippen MR) is 546 cm³/mol. The topological polar surface area (TPSA) is 203 Å². The Hall–Kier alpha value is 6.12. The molecule has 2 unspecified atom stereocenters. The first-order chi connectivity index (χ1) is 55.0. The fraction of sp³-hybridized carbons (Fsp3) is 1.00. The van der Waals surface area contributed by atoms with Gasteiger partial charge in [0.2, 0.25) is 0 Å². The van der Waals surface area contributed by atoms with E-state index < -0.39 is 17.4 Å². The summed E-state index contributed by atoms with van der Waals surface area (Å²) < 4.78 is 116. The quantitative estimate of drug-likeness (QED) is 0.0155. The van der Waals surface area contributed by atoms with Gasteiger partial charge in [-0.05, 0) is 122 Å². The molecule has 2 atom stereocenters. The number of thioether (sulfide) groups is 2. The Morgan fingerprint density at radius 1 is 0.254 bits per heavy atom. The molecule has 0 aliphatic rings. The van der Waals surface area contributed by atoms with Gasteiger partial charge in [0.15, 0.2) is 23.7 Å². The second kappa shape index (κ2) is 125. The molecule has 0 heterocycles. The van der Waals surface area contributed by atoms with Gasteiger partial charge in [-0.1, -0.05) is 20.8 Å². The summed E-state index contributed by atoms with van der Waals surface area (Å²) in [7, 11) is 0. The average Bonchev–Trinajstić information content (AvgIpc) is 0.899. The van der Waals surface area contributed by atoms with E-state index in [0.717, 1.165) is 164 Å². The molecular weight excluding hydrogens is 1860 g/mol. The van der Waals surface area contributed by atoms with Crippen LogP contribution in [0.25, 0.3) is 0 Å². The molecule has 0 spiro atoms. The Morgan fingerprint density at radius 2 is 0.553 bits per heavy atom. The van der Waals surface area contributed by atoms with Crippen LogP contribution in [0.4, 0.5) is 0 Å². The third-order valence-corrected chi connectivity index (χ3v) is 17.7. The monoisotopic (exact) mass is 2020 g/mol. The smallest absolute Gasteiger partial charge is 0.165 e. The van der Waals surface area contributed by atoms with E-state index in [4.69, 9.17) is 94.7 Å². The van der Waals surface area contributed by atoms with Crippen molar-refractivity contribution in [2.45, 2.75) is 155 Å². The second-order valence-electron chi connectivity index (χ2n) is 23.1. The first-order valence-electron chi connectivity index (χ1n) is 38.4. The number of ether oxygens (including phenoxy) is 22. The Morgan fingerprint density at radius 3 is 0.886 bits per heavy atom. The molecule has 0 radical (unpaired) electrons. The molecule has 0 aromatic carbocycles. The largest absolute Gasteiger partial charge is 0.378 e. The maximum absolute atomic E-state index is 5.72. The minimum absolute atomic E-state index is 0.0769. The standard InChI is InChI=1S/C17H36O6S4.C10H22O2S2.C9H20O2S2.C8H18O2S2.2C7H16O2S2.C6H14O2S2.C5H12O2S2.C3H8O2S2/c1-16(26-14-11-20-4-3-18-9-12-24)22-7-8-23-17(2)27-15-21-6-5-19-10-13-25;1-9(2)8-10(3,11-4-6-13)12-5-7-14;12-7-3-1-5-10-9-11-6-2-4-8-13;1-3-8(2,9-4-6-11)10-5-7-12;1-7(2,8-3-5-10)9-4-6-11;10-5-1-3-8-7-9-4-2-6-11;1-6(7-2-4-9)8-3-5-10;8-3-1-6-5-7-2-4-9;6-2-4-1-5-3-7/h16-17,24-25H,3-15H2,1-2H3;9,13-14H,4-8H2,1-3H3;12-13H,1-9H2;11-12H,3-7H2,1-2H3;10-11H,3-6H2,1-2H3;10-11H,1-7H2;6,9-10H,2-5H2,1H3;8-9H,1-5H2;6-7H,1-3H2. The summed E-state index contributed by atoms with van der Waals surface area (Å²) in [5.74, 6) is 13.8. The van der Waals surface area contributed by atoms with Gasteiger partial charge in [0.1, 0.15) is 38.0 Å². The highest BCUT2D eigenvalue weighted by Gasteiger charge is 2.27. The van der Waals surface area contributed by atoms with Crippen LogP contribution in [0.15, 0.2) is 0 Å². The summed E-state index contributed by atoms with van der Waals surface area (Å²) in [6.45, 7) is 36.5. The Kier molecular flexibility index (Phi) is 152. The summed E-state index contributed by atoms with van der Waals surface area (Å²) >= 11 is 75.6. The second-order valence-corrected chi connectivity index (χ2v) is 33.4. The number of hydrogen-bond acceptors (Lipinski definition) is 42. The lowest BCUT2D eigenvalue weighted by Gasteiger charge is -2.31. The van der Waals surface area contributed by atoms with Crippen LogP contribution in [0.2, 0.25) is 0 Å². The van der Waals surface area contributed by atoms with Crippen LogP contribution in [0.1, 0.15) is 121 Å². The lowest BCUT2D eigenvalue weighted by Crippen LogP contribution is -2.35. The van der Waals surface area contributed by atoms with Crippen LogP contribution < -0.4 is 0 Å². The number of hydrogen-bond donors (Lipinski definition) is 18. The van der Waals surface area contributed by atoms with Gasteiger partial charge >= 0.3 is 0 Å². The van der Waals surface area contributed by atoms with Gasteiger partial charge in [-0.25, -0.2) is 0 Å². The van der Waals surface area contributed by atoms with Crippen molar-refractivity contribution >= 4 is 251 Å². The predicted octanol–water partition coefficient (Wildman–Crippen LogP) is 16.2. The summed E-state index contributed by atoms with van der Waals surface area (Å²) in [5.41, 5.74) is 0.203. The Bertz CT molecular complexity index is 1550. The molecule has 0 fully saturated rings. The van der Waals surface area contributed by atoms with Crippen molar-refractivity contribution in [3.63, 3.8) is 0 Å². The van der Waals surface area contributed by atoms with Gasteiger partial charge in [-0.2, -0.15) is 227 Å². The number of unbranched alkanes of at least 4 members (excludes halogenated alkanes) is 2. The molecule has 0 bridgehead atoms. The maximum atomic E-state index is 5.72. The fourth-order valence-electron chi connectivity index (χ4n) is 6.73. The minimum Gasteiger partial charge on any atom is -0.378 e. The van der Waals surface area contributed by atoms with E-state index in [2.05, 4.69) is 251 Å². The van der Waals surface area contributed by atoms with Crippen molar-refractivity contribution in [2.75, 3.05) is 295 Å². The van der Waals surface area contributed by atoms with Gasteiger partial charge in [0, 0.05) is 94.4 Å². The molecule has 0 N–H and O–H groups in total. The van der Waals surface area contributed by atoms with Crippen LogP contribution in [0, 0.1) is 5.92 Å². The zero-order valence-corrected chi connectivity index (χ0v) is 88.3. The molecule has 0 saturated heterocycles. The average molecular weight is 2020 g/mol. The third kappa shape index (κ3) is 144. The highest BCUT2D eigenvalue weighted by atomic mass is 32.2. The Balaban J connectivity index is -0.000000160. The van der Waals surface area contributed by atoms with E-state index in [9.17, 15) is 0 Å². The molecule has 0 aromatic heterocycles. The lowest BCUT2D eigenvalue weighted by atomic mass is 10.0. The van der Waals surface area contributed by atoms with E-state index in [1.54, 1.807) is 23.5 Å². The summed E-state index contributed by atoms with van der Waals surface area (Å²) in [4.78, 5) is 0. The first-order valence-corrected chi connectivity index (χ1v) is 51.9. The van der Waals surface area contributed by atoms with E-state index in [-0.39, 0.29) is 24.0 Å². The van der Waals surface area contributed by atoms with Gasteiger partial charge < -0.3 is 104 Å². The Labute approximate surface area is 802 Å². The lowest BCUT2D eigenvalue weighted by molar-refractivity contribution is -0.227. The van der Waals surface area contributed by atoms with E-state index in [1.807, 2.05) is 55.4 Å². The highest BCUT2D eigenvalue weighted by molar-refractivity contribution is 7.99.